The fourth-order valence-corrected chi connectivity index (χ4v) is 3.32. The lowest BCUT2D eigenvalue weighted by Gasteiger charge is -2.45. The Kier molecular flexibility index (Phi) is 4.29. The third kappa shape index (κ3) is 3.48. The summed E-state index contributed by atoms with van der Waals surface area (Å²) in [5.41, 5.74) is 0. The topological polar surface area (TPSA) is 52.6 Å². The van der Waals surface area contributed by atoms with Gasteiger partial charge in [0.1, 0.15) is 0 Å². The van der Waals surface area contributed by atoms with Gasteiger partial charge in [0.15, 0.2) is 0 Å². The Morgan fingerprint density at radius 3 is 2.61 bits per heavy atom. The van der Waals surface area contributed by atoms with Crippen LogP contribution in [0.1, 0.15) is 17.0 Å². The number of alkyl halides is 2. The summed E-state index contributed by atoms with van der Waals surface area (Å²) < 4.78 is 27.6. The molecule has 8 heteroatoms. The molecule has 23 heavy (non-hydrogen) atoms. The van der Waals surface area contributed by atoms with E-state index in [1.165, 1.54) is 12.4 Å². The van der Waals surface area contributed by atoms with Crippen molar-refractivity contribution in [2.75, 3.05) is 40.3 Å². The number of halogens is 2. The predicted octanol–water partition coefficient (Wildman–Crippen LogP) is 0.572. The van der Waals surface area contributed by atoms with Crippen LogP contribution in [0, 0.1) is 0 Å². The van der Waals surface area contributed by atoms with Gasteiger partial charge in [0.05, 0.1) is 6.54 Å². The molecule has 0 aliphatic carbocycles. The van der Waals surface area contributed by atoms with Crippen molar-refractivity contribution in [1.29, 1.82) is 0 Å². The molecular formula is C15H21F2N5O. The van der Waals surface area contributed by atoms with Crippen LogP contribution < -0.4 is 0 Å². The summed E-state index contributed by atoms with van der Waals surface area (Å²) in [6.07, 6.45) is 2.93. The van der Waals surface area contributed by atoms with Gasteiger partial charge in [-0.2, -0.15) is 0 Å². The molecule has 2 fully saturated rings. The molecule has 2 aliphatic rings. The molecule has 1 atom stereocenters. The number of likely N-dealkylation sites (tertiary alicyclic amines) is 2. The summed E-state index contributed by atoms with van der Waals surface area (Å²) >= 11 is 0. The Bertz CT molecular complexity index is 562. The first-order chi connectivity index (χ1) is 10.9. The van der Waals surface area contributed by atoms with E-state index >= 15 is 0 Å². The number of hydrogen-bond acceptors (Lipinski definition) is 5. The lowest BCUT2D eigenvalue weighted by atomic mass is 10.1. The van der Waals surface area contributed by atoms with Gasteiger partial charge in [-0.3, -0.25) is 9.69 Å². The summed E-state index contributed by atoms with van der Waals surface area (Å²) in [6, 6.07) is 1.46. The van der Waals surface area contributed by atoms with E-state index in [1.807, 2.05) is 23.9 Å². The highest BCUT2D eigenvalue weighted by Gasteiger charge is 2.50. The number of amides is 1. The van der Waals surface area contributed by atoms with Crippen molar-refractivity contribution in [2.24, 2.45) is 0 Å². The van der Waals surface area contributed by atoms with E-state index < -0.39 is 5.92 Å². The standard InChI is InChI=1S/C15H21F2N5O/c1-20(2)7-11-6-15(16,17)10-22(11)12-8-21(9-12)14(23)13-18-4-3-5-19-13/h3-5,11-12H,6-10H2,1-2H3/t11-/m0/s1. The molecule has 0 saturated carbocycles. The maximum Gasteiger partial charge on any atom is 0.291 e. The molecule has 1 aromatic heterocycles. The van der Waals surface area contributed by atoms with E-state index in [0.29, 0.717) is 19.6 Å². The van der Waals surface area contributed by atoms with Crippen molar-refractivity contribution in [1.82, 2.24) is 24.7 Å². The molecule has 1 aromatic rings. The summed E-state index contributed by atoms with van der Waals surface area (Å²) in [7, 11) is 3.77. The van der Waals surface area contributed by atoms with Crippen LogP contribution in [-0.2, 0) is 0 Å². The van der Waals surface area contributed by atoms with Gasteiger partial charge in [0.2, 0.25) is 5.82 Å². The second-order valence-electron chi connectivity index (χ2n) is 6.58. The molecule has 6 nitrogen and oxygen atoms in total. The fourth-order valence-electron chi connectivity index (χ4n) is 3.32. The summed E-state index contributed by atoms with van der Waals surface area (Å²) in [5, 5.41) is 0. The van der Waals surface area contributed by atoms with Gasteiger partial charge < -0.3 is 9.80 Å². The van der Waals surface area contributed by atoms with Crippen molar-refractivity contribution >= 4 is 5.91 Å². The minimum absolute atomic E-state index is 0.0130. The maximum absolute atomic E-state index is 13.8. The highest BCUT2D eigenvalue weighted by molar-refractivity contribution is 5.91. The number of carbonyl (C=O) groups excluding carboxylic acids is 1. The SMILES string of the molecule is CN(C)C[C@@H]1CC(F)(F)CN1C1CN(C(=O)c2ncccn2)C1. The molecule has 3 rings (SSSR count). The van der Waals surface area contributed by atoms with Gasteiger partial charge in [0, 0.05) is 50.5 Å². The van der Waals surface area contributed by atoms with E-state index in [4.69, 9.17) is 0 Å². The van der Waals surface area contributed by atoms with Crippen molar-refractivity contribution < 1.29 is 13.6 Å². The number of rotatable bonds is 4. The lowest BCUT2D eigenvalue weighted by molar-refractivity contribution is -0.0117. The molecule has 0 radical (unpaired) electrons. The van der Waals surface area contributed by atoms with Crippen LogP contribution >= 0.6 is 0 Å². The van der Waals surface area contributed by atoms with Crippen molar-refractivity contribution in [3.63, 3.8) is 0 Å². The van der Waals surface area contributed by atoms with Gasteiger partial charge >= 0.3 is 0 Å². The summed E-state index contributed by atoms with van der Waals surface area (Å²) in [4.78, 5) is 25.5. The van der Waals surface area contributed by atoms with Gasteiger partial charge in [-0.1, -0.05) is 0 Å². The summed E-state index contributed by atoms with van der Waals surface area (Å²) in [6.45, 7) is 1.29. The zero-order chi connectivity index (χ0) is 16.6. The average molecular weight is 325 g/mol. The van der Waals surface area contributed by atoms with Crippen LogP contribution in [-0.4, -0.2) is 88.9 Å². The van der Waals surface area contributed by atoms with E-state index in [0.717, 1.165) is 0 Å². The smallest absolute Gasteiger partial charge is 0.291 e. The molecule has 0 aromatic carbocycles. The average Bonchev–Trinajstić information content (AvgIpc) is 2.72. The van der Waals surface area contributed by atoms with Crippen LogP contribution in [0.5, 0.6) is 0 Å². The highest BCUT2D eigenvalue weighted by Crippen LogP contribution is 2.35. The number of hydrogen-bond donors (Lipinski definition) is 0. The lowest BCUT2D eigenvalue weighted by Crippen LogP contribution is -2.63. The molecule has 126 valence electrons. The molecule has 0 spiro atoms. The van der Waals surface area contributed by atoms with Crippen LogP contribution in [0.2, 0.25) is 0 Å². The van der Waals surface area contributed by atoms with Crippen molar-refractivity contribution in [2.45, 2.75) is 24.4 Å². The van der Waals surface area contributed by atoms with Gasteiger partial charge in [-0.05, 0) is 20.2 Å². The van der Waals surface area contributed by atoms with Gasteiger partial charge in [0.25, 0.3) is 11.8 Å². The van der Waals surface area contributed by atoms with Crippen molar-refractivity contribution in [3.05, 3.63) is 24.3 Å². The second kappa shape index (κ2) is 6.09. The van der Waals surface area contributed by atoms with E-state index in [-0.39, 0.29) is 36.8 Å². The number of carbonyl (C=O) groups is 1. The number of nitrogens with zero attached hydrogens (tertiary/aromatic N) is 5. The minimum Gasteiger partial charge on any atom is -0.333 e. The molecule has 0 N–H and O–H groups in total. The Morgan fingerprint density at radius 2 is 2.00 bits per heavy atom. The van der Waals surface area contributed by atoms with Crippen LogP contribution in [0.3, 0.4) is 0 Å². The quantitative estimate of drug-likeness (QED) is 0.810. The molecule has 3 heterocycles. The highest BCUT2D eigenvalue weighted by atomic mass is 19.3. The molecule has 0 bridgehead atoms. The minimum atomic E-state index is -2.65. The zero-order valence-corrected chi connectivity index (χ0v) is 13.3. The normalized spacial score (nSPS) is 24.9. The van der Waals surface area contributed by atoms with Crippen molar-refractivity contribution in [3.8, 4) is 0 Å². The maximum atomic E-state index is 13.8. The third-order valence-corrected chi connectivity index (χ3v) is 4.37. The van der Waals surface area contributed by atoms with Gasteiger partial charge in [-0.25, -0.2) is 18.7 Å². The fraction of sp³-hybridized carbons (Fsp3) is 0.667. The summed E-state index contributed by atoms with van der Waals surface area (Å²) in [5.74, 6) is -2.73. The molecule has 2 aliphatic heterocycles. The molecule has 2 saturated heterocycles. The Hall–Kier alpha value is -1.67. The largest absolute Gasteiger partial charge is 0.333 e. The van der Waals surface area contributed by atoms with E-state index in [2.05, 4.69) is 9.97 Å². The van der Waals surface area contributed by atoms with Crippen LogP contribution in [0.4, 0.5) is 8.78 Å². The van der Waals surface area contributed by atoms with E-state index in [9.17, 15) is 13.6 Å². The van der Waals surface area contributed by atoms with Gasteiger partial charge in [-0.15, -0.1) is 0 Å². The first-order valence-electron chi connectivity index (χ1n) is 7.70. The monoisotopic (exact) mass is 325 g/mol. The second-order valence-corrected chi connectivity index (χ2v) is 6.58. The first kappa shape index (κ1) is 16.2. The van der Waals surface area contributed by atoms with Crippen LogP contribution in [0.25, 0.3) is 0 Å². The molecule has 1 amide bonds. The Morgan fingerprint density at radius 1 is 1.35 bits per heavy atom. The molecular weight excluding hydrogens is 304 g/mol. The number of aromatic nitrogens is 2. The molecule has 0 unspecified atom stereocenters. The first-order valence-corrected chi connectivity index (χ1v) is 7.70. The Balaban J connectivity index is 1.60. The Labute approximate surface area is 134 Å². The zero-order valence-electron chi connectivity index (χ0n) is 13.3. The third-order valence-electron chi connectivity index (χ3n) is 4.37. The number of likely N-dealkylation sites (N-methyl/N-ethyl adjacent to an activating group) is 1. The van der Waals surface area contributed by atoms with Crippen LogP contribution in [0.15, 0.2) is 18.5 Å². The predicted molar refractivity (Wildman–Crippen MR) is 80.3 cm³/mol. The van der Waals surface area contributed by atoms with E-state index in [1.54, 1.807) is 11.0 Å².